The minimum absolute atomic E-state index is 0.0583. The molecule has 156 valence electrons. The Morgan fingerprint density at radius 3 is 2.50 bits per heavy atom. The smallest absolute Gasteiger partial charge is 0.324 e. The van der Waals surface area contributed by atoms with Gasteiger partial charge >= 0.3 is 6.03 Å². The van der Waals surface area contributed by atoms with Gasteiger partial charge in [0.05, 0.1) is 6.54 Å². The lowest BCUT2D eigenvalue weighted by Gasteiger charge is -2.39. The number of rotatable bonds is 4. The summed E-state index contributed by atoms with van der Waals surface area (Å²) in [6, 6.07) is 11.1. The first-order valence-electron chi connectivity index (χ1n) is 10.2. The van der Waals surface area contributed by atoms with Gasteiger partial charge in [0.25, 0.3) is 0 Å². The highest BCUT2D eigenvalue weighted by molar-refractivity contribution is 6.01. The number of amides is 3. The van der Waals surface area contributed by atoms with Crippen LogP contribution >= 0.6 is 0 Å². The summed E-state index contributed by atoms with van der Waals surface area (Å²) in [6.07, 6.45) is 0.846. The maximum atomic E-state index is 14.1. The Labute approximate surface area is 173 Å². The Morgan fingerprint density at radius 1 is 1.00 bits per heavy atom. The fraction of sp³-hybridized carbons (Fsp3) is 0.364. The first-order valence-corrected chi connectivity index (χ1v) is 10.2. The summed E-state index contributed by atoms with van der Waals surface area (Å²) >= 11 is 0. The van der Waals surface area contributed by atoms with Crippen LogP contribution in [0.25, 0.3) is 0 Å². The lowest BCUT2D eigenvalue weighted by Crippen LogP contribution is -2.47. The van der Waals surface area contributed by atoms with E-state index in [9.17, 15) is 18.4 Å². The number of fused-ring (bicyclic) bond motifs is 3. The van der Waals surface area contributed by atoms with Gasteiger partial charge in [0, 0.05) is 49.5 Å². The Kier molecular flexibility index (Phi) is 4.66. The molecule has 2 atom stereocenters. The summed E-state index contributed by atoms with van der Waals surface area (Å²) < 4.78 is 27.5. The molecule has 3 amide bonds. The second-order valence-corrected chi connectivity index (χ2v) is 8.02. The molecule has 2 aromatic carbocycles. The number of halogens is 2. The zero-order valence-electron chi connectivity index (χ0n) is 16.4. The van der Waals surface area contributed by atoms with Crippen LogP contribution in [0, 0.1) is 11.6 Å². The van der Waals surface area contributed by atoms with Crippen molar-refractivity contribution < 1.29 is 18.4 Å². The zero-order chi connectivity index (χ0) is 20.8. The van der Waals surface area contributed by atoms with E-state index in [0.29, 0.717) is 19.6 Å². The van der Waals surface area contributed by atoms with E-state index in [1.807, 2.05) is 0 Å². The Balaban J connectivity index is 1.38. The highest BCUT2D eigenvalue weighted by Gasteiger charge is 2.43. The van der Waals surface area contributed by atoms with Crippen LogP contribution in [0.2, 0.25) is 0 Å². The molecule has 0 spiro atoms. The molecule has 2 saturated heterocycles. The van der Waals surface area contributed by atoms with Crippen LogP contribution in [0.5, 0.6) is 0 Å². The largest absolute Gasteiger partial charge is 0.337 e. The molecule has 3 heterocycles. The molecule has 5 rings (SSSR count). The van der Waals surface area contributed by atoms with E-state index in [1.165, 1.54) is 23.1 Å². The van der Waals surface area contributed by atoms with Crippen LogP contribution in [0.15, 0.2) is 42.5 Å². The van der Waals surface area contributed by atoms with Gasteiger partial charge in [-0.1, -0.05) is 0 Å². The van der Waals surface area contributed by atoms with Crippen LogP contribution in [-0.2, 0) is 4.79 Å². The fourth-order valence-electron chi connectivity index (χ4n) is 4.90. The normalized spacial score (nSPS) is 23.5. The lowest BCUT2D eigenvalue weighted by molar-refractivity contribution is -0.125. The minimum Gasteiger partial charge on any atom is -0.337 e. The van der Waals surface area contributed by atoms with Crippen molar-refractivity contribution in [3.63, 3.8) is 0 Å². The molecule has 8 heteroatoms. The van der Waals surface area contributed by atoms with Crippen molar-refractivity contribution >= 4 is 23.3 Å². The molecule has 2 fully saturated rings. The molecular weight excluding hydrogens is 390 g/mol. The van der Waals surface area contributed by atoms with Gasteiger partial charge in [0.1, 0.15) is 11.6 Å². The van der Waals surface area contributed by atoms with Crippen LogP contribution in [0.4, 0.5) is 25.0 Å². The van der Waals surface area contributed by atoms with Crippen LogP contribution in [-0.4, -0.2) is 60.5 Å². The first-order chi connectivity index (χ1) is 14.5. The van der Waals surface area contributed by atoms with E-state index in [0.717, 1.165) is 29.9 Å². The van der Waals surface area contributed by atoms with E-state index >= 15 is 0 Å². The number of hydrogen-bond donors (Lipinski definition) is 1. The third-order valence-electron chi connectivity index (χ3n) is 6.32. The third kappa shape index (κ3) is 3.21. The number of hydrogen-bond acceptors (Lipinski definition) is 4. The van der Waals surface area contributed by atoms with Crippen LogP contribution in [0.3, 0.4) is 0 Å². The van der Waals surface area contributed by atoms with E-state index in [2.05, 4.69) is 15.1 Å². The predicted octanol–water partition coefficient (Wildman–Crippen LogP) is 2.83. The van der Waals surface area contributed by atoms with Gasteiger partial charge in [0.15, 0.2) is 0 Å². The maximum absolute atomic E-state index is 14.1. The summed E-state index contributed by atoms with van der Waals surface area (Å²) in [6.45, 7) is 2.51. The summed E-state index contributed by atoms with van der Waals surface area (Å²) in [5.74, 6) is -0.669. The van der Waals surface area contributed by atoms with Gasteiger partial charge in [-0.25, -0.2) is 13.6 Å². The number of likely N-dealkylation sites (tertiary alicyclic amines) is 1. The summed E-state index contributed by atoms with van der Waals surface area (Å²) in [7, 11) is 0. The summed E-state index contributed by atoms with van der Waals surface area (Å²) in [5.41, 5.74) is 2.79. The van der Waals surface area contributed by atoms with Crippen LogP contribution < -0.4 is 10.2 Å². The average molecular weight is 412 g/mol. The number of imide groups is 1. The number of nitrogens with one attached hydrogen (secondary N) is 1. The molecule has 1 N–H and O–H groups in total. The first kappa shape index (κ1) is 19.0. The molecule has 0 aliphatic carbocycles. The minimum atomic E-state index is -0.342. The third-order valence-corrected chi connectivity index (χ3v) is 6.32. The fourth-order valence-corrected chi connectivity index (χ4v) is 4.90. The van der Waals surface area contributed by atoms with Crippen molar-refractivity contribution in [3.05, 3.63) is 59.7 Å². The molecule has 0 radical (unpaired) electrons. The highest BCUT2D eigenvalue weighted by atomic mass is 19.1. The van der Waals surface area contributed by atoms with E-state index in [4.69, 9.17) is 0 Å². The Bertz CT molecular complexity index is 981. The molecule has 0 bridgehead atoms. The summed E-state index contributed by atoms with van der Waals surface area (Å²) in [4.78, 5) is 29.2. The number of urea groups is 1. The molecular formula is C22H22F2N4O2. The van der Waals surface area contributed by atoms with Gasteiger partial charge in [-0.15, -0.1) is 0 Å². The molecule has 6 nitrogen and oxygen atoms in total. The maximum Gasteiger partial charge on any atom is 0.324 e. The molecule has 0 aromatic heterocycles. The van der Waals surface area contributed by atoms with Gasteiger partial charge in [-0.05, 0) is 54.4 Å². The van der Waals surface area contributed by atoms with Crippen molar-refractivity contribution in [1.29, 1.82) is 0 Å². The monoisotopic (exact) mass is 412 g/mol. The van der Waals surface area contributed by atoms with Crippen LogP contribution in [0.1, 0.15) is 17.9 Å². The van der Waals surface area contributed by atoms with Gasteiger partial charge < -0.3 is 15.1 Å². The van der Waals surface area contributed by atoms with Gasteiger partial charge in [0.2, 0.25) is 5.91 Å². The topological polar surface area (TPSA) is 55.9 Å². The standard InChI is InChI=1S/C22H22F2N4O2/c23-14-1-4-16(5-2-14)28-19-6-3-15(24)11-17(19)18-13-26(8-7-20(18)28)9-10-27-21(29)12-25-22(27)30/h1-6,11,18,20H,7-10,12-13H2,(H,25,30). The number of nitrogens with zero attached hydrogens (tertiary/aromatic N) is 3. The SMILES string of the molecule is O=C1CNC(=O)N1CCN1CCC2C(C1)c1cc(F)ccc1N2c1ccc(F)cc1. The Morgan fingerprint density at radius 2 is 1.77 bits per heavy atom. The van der Waals surface area contributed by atoms with Crippen molar-refractivity contribution in [2.24, 2.45) is 0 Å². The highest BCUT2D eigenvalue weighted by Crippen LogP contribution is 2.48. The average Bonchev–Trinajstić information content (AvgIpc) is 3.23. The molecule has 2 unspecified atom stereocenters. The number of piperidine rings is 1. The predicted molar refractivity (Wildman–Crippen MR) is 108 cm³/mol. The molecule has 3 aliphatic heterocycles. The molecule has 3 aliphatic rings. The van der Waals surface area contributed by atoms with E-state index < -0.39 is 0 Å². The van der Waals surface area contributed by atoms with Crippen molar-refractivity contribution in [2.45, 2.75) is 18.4 Å². The number of carbonyl (C=O) groups excluding carboxylic acids is 2. The van der Waals surface area contributed by atoms with E-state index in [1.54, 1.807) is 24.3 Å². The number of anilines is 2. The number of benzene rings is 2. The molecule has 2 aromatic rings. The Hall–Kier alpha value is -3.00. The van der Waals surface area contributed by atoms with Gasteiger partial charge in [-0.2, -0.15) is 0 Å². The molecule has 30 heavy (non-hydrogen) atoms. The number of carbonyl (C=O) groups is 2. The van der Waals surface area contributed by atoms with Crippen molar-refractivity contribution in [2.75, 3.05) is 37.6 Å². The second-order valence-electron chi connectivity index (χ2n) is 8.02. The summed E-state index contributed by atoms with van der Waals surface area (Å²) in [5, 5.41) is 2.54. The lowest BCUT2D eigenvalue weighted by atomic mass is 9.89. The second kappa shape index (κ2) is 7.36. The quantitative estimate of drug-likeness (QED) is 0.785. The van der Waals surface area contributed by atoms with E-state index in [-0.39, 0.29) is 42.1 Å². The van der Waals surface area contributed by atoms with Crippen molar-refractivity contribution in [3.8, 4) is 0 Å². The molecule has 0 saturated carbocycles. The van der Waals surface area contributed by atoms with Gasteiger partial charge in [-0.3, -0.25) is 9.69 Å². The zero-order valence-corrected chi connectivity index (χ0v) is 16.4. The van der Waals surface area contributed by atoms with Crippen molar-refractivity contribution in [1.82, 2.24) is 15.1 Å².